The molecule has 2 aromatic rings. The van der Waals surface area contributed by atoms with E-state index < -0.39 is 11.6 Å². The van der Waals surface area contributed by atoms with Gasteiger partial charge >= 0.3 is 5.97 Å². The molecule has 2 rings (SSSR count). The molecule has 0 fully saturated rings. The summed E-state index contributed by atoms with van der Waals surface area (Å²) in [4.78, 5) is 23.8. The van der Waals surface area contributed by atoms with Crippen molar-refractivity contribution in [2.24, 2.45) is 0 Å². The molecule has 0 radical (unpaired) electrons. The van der Waals surface area contributed by atoms with Crippen LogP contribution in [0.4, 0.5) is 0 Å². The van der Waals surface area contributed by atoms with Gasteiger partial charge in [0.05, 0.1) is 0 Å². The van der Waals surface area contributed by atoms with Gasteiger partial charge < -0.3 is 4.74 Å². The fourth-order valence-corrected chi connectivity index (χ4v) is 2.23. The van der Waals surface area contributed by atoms with Crippen LogP contribution in [0.3, 0.4) is 0 Å². The zero-order valence-corrected chi connectivity index (χ0v) is 12.0. The van der Waals surface area contributed by atoms with E-state index in [1.165, 1.54) is 6.92 Å². The Bertz CT molecular complexity index is 660. The third-order valence-electron chi connectivity index (χ3n) is 3.54. The van der Waals surface area contributed by atoms with Crippen molar-refractivity contribution in [3.63, 3.8) is 0 Å². The Hall–Kier alpha value is -2.16. The summed E-state index contributed by atoms with van der Waals surface area (Å²) >= 11 is 0. The summed E-state index contributed by atoms with van der Waals surface area (Å²) < 4.78 is 5.23. The lowest BCUT2D eigenvalue weighted by molar-refractivity contribution is -0.151. The summed E-state index contributed by atoms with van der Waals surface area (Å²) in [6, 6.07) is 13.4. The Balaban J connectivity index is 2.41. The highest BCUT2D eigenvalue weighted by molar-refractivity contribution is 6.05. The Morgan fingerprint density at radius 3 is 2.35 bits per heavy atom. The zero-order valence-electron chi connectivity index (χ0n) is 12.0. The number of carbonyl (C=O) groups is 2. The highest BCUT2D eigenvalue weighted by Gasteiger charge is 2.35. The van der Waals surface area contributed by atoms with Gasteiger partial charge in [0.1, 0.15) is 0 Å². The van der Waals surface area contributed by atoms with E-state index in [1.54, 1.807) is 13.0 Å². The van der Waals surface area contributed by atoms with E-state index in [1.807, 2.05) is 43.3 Å². The maximum Gasteiger partial charge on any atom is 0.303 e. The van der Waals surface area contributed by atoms with Crippen molar-refractivity contribution in [3.05, 3.63) is 48.0 Å². The molecule has 1 unspecified atom stereocenters. The Morgan fingerprint density at radius 2 is 1.75 bits per heavy atom. The molecule has 0 aliphatic rings. The van der Waals surface area contributed by atoms with Gasteiger partial charge in [0, 0.05) is 12.5 Å². The SMILES string of the molecule is CCC(C)(OC(C)=O)C(=O)c1ccc2ccccc2c1. The van der Waals surface area contributed by atoms with Gasteiger partial charge in [-0.05, 0) is 30.2 Å². The molecule has 0 aromatic heterocycles. The number of benzene rings is 2. The second kappa shape index (κ2) is 5.45. The molecule has 0 aliphatic carbocycles. The molecular formula is C17H18O3. The molecule has 1 atom stereocenters. The topological polar surface area (TPSA) is 43.4 Å². The normalized spacial score (nSPS) is 13.8. The number of rotatable bonds is 4. The quantitative estimate of drug-likeness (QED) is 0.627. The highest BCUT2D eigenvalue weighted by Crippen LogP contribution is 2.24. The van der Waals surface area contributed by atoms with Crippen LogP contribution < -0.4 is 0 Å². The van der Waals surface area contributed by atoms with Crippen molar-refractivity contribution < 1.29 is 14.3 Å². The minimum absolute atomic E-state index is 0.166. The third kappa shape index (κ3) is 2.72. The van der Waals surface area contributed by atoms with Crippen molar-refractivity contribution in [1.29, 1.82) is 0 Å². The largest absolute Gasteiger partial charge is 0.451 e. The van der Waals surface area contributed by atoms with Crippen LogP contribution in [0, 0.1) is 0 Å². The van der Waals surface area contributed by atoms with Gasteiger partial charge in [-0.25, -0.2) is 0 Å². The predicted octanol–water partition coefficient (Wildman–Crippen LogP) is 3.75. The van der Waals surface area contributed by atoms with Crippen molar-refractivity contribution >= 4 is 22.5 Å². The lowest BCUT2D eigenvalue weighted by Crippen LogP contribution is -2.39. The molecule has 104 valence electrons. The number of ether oxygens (including phenoxy) is 1. The van der Waals surface area contributed by atoms with Gasteiger partial charge in [-0.2, -0.15) is 0 Å². The molecule has 0 saturated heterocycles. The third-order valence-corrected chi connectivity index (χ3v) is 3.54. The number of Topliss-reactive ketones (excluding diaryl/α,β-unsaturated/α-hetero) is 1. The van der Waals surface area contributed by atoms with Crippen molar-refractivity contribution in [2.75, 3.05) is 0 Å². The van der Waals surface area contributed by atoms with Crippen LogP contribution in [0.2, 0.25) is 0 Å². The van der Waals surface area contributed by atoms with E-state index in [0.717, 1.165) is 10.8 Å². The first-order chi connectivity index (χ1) is 9.46. The standard InChI is InChI=1S/C17H18O3/c1-4-17(3,20-12(2)18)16(19)15-10-9-13-7-5-6-8-14(13)11-15/h5-11H,4H2,1-3H3. The maximum atomic E-state index is 12.6. The van der Waals surface area contributed by atoms with E-state index in [4.69, 9.17) is 4.74 Å². The highest BCUT2D eigenvalue weighted by atomic mass is 16.6. The second-order valence-corrected chi connectivity index (χ2v) is 5.07. The van der Waals surface area contributed by atoms with Crippen LogP contribution in [0.5, 0.6) is 0 Å². The van der Waals surface area contributed by atoms with Crippen LogP contribution in [-0.4, -0.2) is 17.4 Å². The maximum absolute atomic E-state index is 12.6. The summed E-state index contributed by atoms with van der Waals surface area (Å²) in [5.41, 5.74) is -0.539. The number of ketones is 1. The van der Waals surface area contributed by atoms with Crippen LogP contribution in [0.1, 0.15) is 37.6 Å². The van der Waals surface area contributed by atoms with E-state index in [9.17, 15) is 9.59 Å². The molecule has 3 heteroatoms. The minimum Gasteiger partial charge on any atom is -0.451 e. The summed E-state index contributed by atoms with van der Waals surface area (Å²) in [6.07, 6.45) is 0.443. The van der Waals surface area contributed by atoms with E-state index >= 15 is 0 Å². The molecule has 0 amide bonds. The molecule has 0 heterocycles. The summed E-state index contributed by atoms with van der Waals surface area (Å²) in [5.74, 6) is -0.607. The fraction of sp³-hybridized carbons (Fsp3) is 0.294. The number of hydrogen-bond donors (Lipinski definition) is 0. The number of carbonyl (C=O) groups excluding carboxylic acids is 2. The first-order valence-corrected chi connectivity index (χ1v) is 6.69. The van der Waals surface area contributed by atoms with Crippen molar-refractivity contribution in [2.45, 2.75) is 32.8 Å². The van der Waals surface area contributed by atoms with Gasteiger partial charge in [0.2, 0.25) is 5.78 Å². The van der Waals surface area contributed by atoms with E-state index in [0.29, 0.717) is 12.0 Å². The molecule has 20 heavy (non-hydrogen) atoms. The smallest absolute Gasteiger partial charge is 0.303 e. The Kier molecular flexibility index (Phi) is 3.89. The summed E-state index contributed by atoms with van der Waals surface area (Å²) in [5, 5.41) is 2.08. The van der Waals surface area contributed by atoms with Crippen LogP contribution in [-0.2, 0) is 9.53 Å². The van der Waals surface area contributed by atoms with Crippen LogP contribution in [0.15, 0.2) is 42.5 Å². The zero-order chi connectivity index (χ0) is 14.8. The van der Waals surface area contributed by atoms with Gasteiger partial charge in [-0.1, -0.05) is 43.3 Å². The molecule has 0 saturated carbocycles. The summed E-state index contributed by atoms with van der Waals surface area (Å²) in [6.45, 7) is 4.81. The number of hydrogen-bond acceptors (Lipinski definition) is 3. The minimum atomic E-state index is -1.10. The molecule has 0 N–H and O–H groups in total. The Morgan fingerprint density at radius 1 is 1.10 bits per heavy atom. The second-order valence-electron chi connectivity index (χ2n) is 5.07. The van der Waals surface area contributed by atoms with E-state index in [2.05, 4.69) is 0 Å². The average Bonchev–Trinajstić information content (AvgIpc) is 2.45. The molecule has 0 spiro atoms. The van der Waals surface area contributed by atoms with Gasteiger partial charge in [-0.15, -0.1) is 0 Å². The van der Waals surface area contributed by atoms with E-state index in [-0.39, 0.29) is 5.78 Å². The van der Waals surface area contributed by atoms with Crippen LogP contribution >= 0.6 is 0 Å². The van der Waals surface area contributed by atoms with Crippen LogP contribution in [0.25, 0.3) is 10.8 Å². The van der Waals surface area contributed by atoms with Gasteiger partial charge in [0.25, 0.3) is 0 Å². The molecule has 2 aromatic carbocycles. The van der Waals surface area contributed by atoms with Crippen molar-refractivity contribution in [3.8, 4) is 0 Å². The Labute approximate surface area is 118 Å². The first-order valence-electron chi connectivity index (χ1n) is 6.69. The summed E-state index contributed by atoms with van der Waals surface area (Å²) in [7, 11) is 0. The fourth-order valence-electron chi connectivity index (χ4n) is 2.23. The lowest BCUT2D eigenvalue weighted by atomic mass is 9.91. The molecule has 3 nitrogen and oxygen atoms in total. The average molecular weight is 270 g/mol. The molecular weight excluding hydrogens is 252 g/mol. The molecule has 0 aliphatic heterocycles. The number of fused-ring (bicyclic) bond motifs is 1. The first kappa shape index (κ1) is 14.3. The molecule has 0 bridgehead atoms. The monoisotopic (exact) mass is 270 g/mol. The number of esters is 1. The predicted molar refractivity (Wildman–Crippen MR) is 78.7 cm³/mol. The van der Waals surface area contributed by atoms with Gasteiger partial charge in [-0.3, -0.25) is 9.59 Å². The lowest BCUT2D eigenvalue weighted by Gasteiger charge is -2.26. The van der Waals surface area contributed by atoms with Crippen molar-refractivity contribution in [1.82, 2.24) is 0 Å². The van der Waals surface area contributed by atoms with Gasteiger partial charge in [0.15, 0.2) is 5.60 Å².